The number of ether oxygens (including phenoxy) is 1. The van der Waals surface area contributed by atoms with Crippen molar-refractivity contribution < 1.29 is 9.66 Å². The summed E-state index contributed by atoms with van der Waals surface area (Å²) in [5, 5.41) is 10.5. The second kappa shape index (κ2) is 5.66. The van der Waals surface area contributed by atoms with Crippen LogP contribution in [0.4, 0.5) is 5.69 Å². The van der Waals surface area contributed by atoms with Gasteiger partial charge in [0.25, 0.3) is 5.69 Å². The smallest absolute Gasteiger partial charge is 0.269 e. The summed E-state index contributed by atoms with van der Waals surface area (Å²) < 4.78 is 5.90. The summed E-state index contributed by atoms with van der Waals surface area (Å²) in [7, 11) is 0. The van der Waals surface area contributed by atoms with Crippen molar-refractivity contribution in [1.82, 2.24) is 0 Å². The van der Waals surface area contributed by atoms with E-state index in [-0.39, 0.29) is 11.3 Å². The largest absolute Gasteiger partial charge is 0.488 e. The molecule has 1 aromatic rings. The minimum atomic E-state index is -0.408. The van der Waals surface area contributed by atoms with Crippen LogP contribution in [-0.4, -0.2) is 10.5 Å². The molecular weight excluding hydrogens is 218 g/mol. The van der Waals surface area contributed by atoms with Gasteiger partial charge in [0, 0.05) is 12.1 Å². The molecule has 1 rings (SSSR count). The van der Waals surface area contributed by atoms with Crippen molar-refractivity contribution in [2.75, 3.05) is 0 Å². The molecule has 17 heavy (non-hydrogen) atoms. The maximum absolute atomic E-state index is 10.5. The first-order valence-electron chi connectivity index (χ1n) is 5.94. The number of rotatable bonds is 6. The fraction of sp³-hybridized carbons (Fsp3) is 0.538. The molecule has 0 aliphatic carbocycles. The minimum absolute atomic E-state index is 0.0889. The van der Waals surface area contributed by atoms with Gasteiger partial charge in [-0.05, 0) is 31.9 Å². The molecule has 0 radical (unpaired) electrons. The summed E-state index contributed by atoms with van der Waals surface area (Å²) in [6.07, 6.45) is 2.94. The van der Waals surface area contributed by atoms with Crippen LogP contribution >= 0.6 is 0 Å². The van der Waals surface area contributed by atoms with Crippen LogP contribution < -0.4 is 4.74 Å². The van der Waals surface area contributed by atoms with Crippen LogP contribution in [-0.2, 0) is 0 Å². The molecule has 0 aromatic heterocycles. The Morgan fingerprint density at radius 1 is 1.29 bits per heavy atom. The van der Waals surface area contributed by atoms with Crippen molar-refractivity contribution in [1.29, 1.82) is 0 Å². The van der Waals surface area contributed by atoms with Gasteiger partial charge in [0.05, 0.1) is 4.92 Å². The monoisotopic (exact) mass is 237 g/mol. The Morgan fingerprint density at radius 3 is 2.29 bits per heavy atom. The molecule has 0 N–H and O–H groups in total. The van der Waals surface area contributed by atoms with Gasteiger partial charge in [-0.15, -0.1) is 0 Å². The zero-order valence-corrected chi connectivity index (χ0v) is 10.6. The Morgan fingerprint density at radius 2 is 1.88 bits per heavy atom. The van der Waals surface area contributed by atoms with E-state index in [1.165, 1.54) is 12.1 Å². The summed E-state index contributed by atoms with van der Waals surface area (Å²) >= 11 is 0. The summed E-state index contributed by atoms with van der Waals surface area (Å²) in [5.74, 6) is 0.688. The van der Waals surface area contributed by atoms with Crippen molar-refractivity contribution in [3.05, 3.63) is 34.4 Å². The second-order valence-electron chi connectivity index (χ2n) is 4.41. The molecule has 1 unspecified atom stereocenters. The molecule has 0 saturated carbocycles. The number of nitro groups is 1. The summed E-state index contributed by atoms with van der Waals surface area (Å²) in [6.45, 7) is 6.27. The highest BCUT2D eigenvalue weighted by Crippen LogP contribution is 2.26. The number of hydrogen-bond acceptors (Lipinski definition) is 3. The molecular formula is C13H19NO3. The summed E-state index contributed by atoms with van der Waals surface area (Å²) in [6, 6.07) is 6.25. The van der Waals surface area contributed by atoms with Crippen molar-refractivity contribution >= 4 is 5.69 Å². The van der Waals surface area contributed by atoms with E-state index >= 15 is 0 Å². The van der Waals surface area contributed by atoms with E-state index in [9.17, 15) is 10.1 Å². The molecule has 1 atom stereocenters. The lowest BCUT2D eigenvalue weighted by Gasteiger charge is -2.29. The van der Waals surface area contributed by atoms with Gasteiger partial charge in [0.15, 0.2) is 0 Å². The van der Waals surface area contributed by atoms with E-state index in [1.54, 1.807) is 12.1 Å². The highest BCUT2D eigenvalue weighted by atomic mass is 16.6. The van der Waals surface area contributed by atoms with Gasteiger partial charge in [0.1, 0.15) is 11.4 Å². The Labute approximate surface area is 102 Å². The SMILES string of the molecule is CCCC(C)(CC)Oc1ccc([N+](=O)[O-])cc1. The predicted octanol–water partition coefficient (Wildman–Crippen LogP) is 3.94. The van der Waals surface area contributed by atoms with Gasteiger partial charge in [-0.25, -0.2) is 0 Å². The van der Waals surface area contributed by atoms with E-state index < -0.39 is 4.92 Å². The predicted molar refractivity (Wildman–Crippen MR) is 67.3 cm³/mol. The molecule has 0 aliphatic rings. The topological polar surface area (TPSA) is 52.4 Å². The Kier molecular flexibility index (Phi) is 4.49. The van der Waals surface area contributed by atoms with E-state index in [0.717, 1.165) is 19.3 Å². The Bertz CT molecular complexity index is 375. The lowest BCUT2D eigenvalue weighted by molar-refractivity contribution is -0.384. The molecule has 1 aromatic carbocycles. The third kappa shape index (κ3) is 3.73. The Hall–Kier alpha value is -1.58. The van der Waals surface area contributed by atoms with Gasteiger partial charge in [0.2, 0.25) is 0 Å². The van der Waals surface area contributed by atoms with Crippen LogP contribution in [0.25, 0.3) is 0 Å². The minimum Gasteiger partial charge on any atom is -0.488 e. The van der Waals surface area contributed by atoms with Crippen LogP contribution in [0.2, 0.25) is 0 Å². The third-order valence-corrected chi connectivity index (χ3v) is 2.94. The van der Waals surface area contributed by atoms with Gasteiger partial charge in [-0.3, -0.25) is 10.1 Å². The van der Waals surface area contributed by atoms with E-state index in [1.807, 2.05) is 0 Å². The molecule has 0 saturated heterocycles. The van der Waals surface area contributed by atoms with Gasteiger partial charge >= 0.3 is 0 Å². The molecule has 0 aliphatic heterocycles. The van der Waals surface area contributed by atoms with Crippen molar-refractivity contribution in [2.45, 2.75) is 45.6 Å². The van der Waals surface area contributed by atoms with E-state index in [4.69, 9.17) is 4.74 Å². The third-order valence-electron chi connectivity index (χ3n) is 2.94. The van der Waals surface area contributed by atoms with Crippen molar-refractivity contribution in [3.8, 4) is 5.75 Å². The maximum Gasteiger partial charge on any atom is 0.269 e. The quantitative estimate of drug-likeness (QED) is 0.556. The second-order valence-corrected chi connectivity index (χ2v) is 4.41. The lowest BCUT2D eigenvalue weighted by atomic mass is 9.97. The number of non-ortho nitro benzene ring substituents is 1. The van der Waals surface area contributed by atoms with Crippen LogP contribution in [0.1, 0.15) is 40.0 Å². The molecule has 0 fully saturated rings. The molecule has 0 heterocycles. The standard InChI is InChI=1S/C13H19NO3/c1-4-10-13(3,5-2)17-12-8-6-11(7-9-12)14(15)16/h6-9H,4-5,10H2,1-3H3. The number of nitrogens with zero attached hydrogens (tertiary/aromatic N) is 1. The first kappa shape index (κ1) is 13.5. The van der Waals surface area contributed by atoms with Gasteiger partial charge in [-0.1, -0.05) is 20.3 Å². The maximum atomic E-state index is 10.5. The number of nitro benzene ring substituents is 1. The average Bonchev–Trinajstić information content (AvgIpc) is 2.30. The molecule has 0 spiro atoms. The van der Waals surface area contributed by atoms with Crippen LogP contribution in [0, 0.1) is 10.1 Å². The normalized spacial score (nSPS) is 14.1. The molecule has 0 bridgehead atoms. The van der Waals surface area contributed by atoms with Crippen molar-refractivity contribution in [2.24, 2.45) is 0 Å². The van der Waals surface area contributed by atoms with Crippen LogP contribution in [0.5, 0.6) is 5.75 Å². The molecule has 94 valence electrons. The van der Waals surface area contributed by atoms with Crippen molar-refractivity contribution in [3.63, 3.8) is 0 Å². The summed E-state index contributed by atoms with van der Waals surface area (Å²) in [5.41, 5.74) is -0.101. The fourth-order valence-corrected chi connectivity index (χ4v) is 1.75. The number of benzene rings is 1. The zero-order valence-electron chi connectivity index (χ0n) is 10.6. The highest BCUT2D eigenvalue weighted by Gasteiger charge is 2.23. The van der Waals surface area contributed by atoms with Crippen LogP contribution in [0.15, 0.2) is 24.3 Å². The van der Waals surface area contributed by atoms with Gasteiger partial charge in [-0.2, -0.15) is 0 Å². The zero-order chi connectivity index (χ0) is 12.9. The first-order valence-corrected chi connectivity index (χ1v) is 5.94. The van der Waals surface area contributed by atoms with E-state index in [0.29, 0.717) is 5.75 Å². The lowest BCUT2D eigenvalue weighted by Crippen LogP contribution is -2.31. The average molecular weight is 237 g/mol. The molecule has 4 nitrogen and oxygen atoms in total. The van der Waals surface area contributed by atoms with E-state index in [2.05, 4.69) is 20.8 Å². The first-order chi connectivity index (χ1) is 8.00. The Balaban J connectivity index is 2.77. The van der Waals surface area contributed by atoms with Crippen LogP contribution in [0.3, 0.4) is 0 Å². The fourth-order valence-electron chi connectivity index (χ4n) is 1.75. The van der Waals surface area contributed by atoms with Gasteiger partial charge < -0.3 is 4.74 Å². The molecule has 4 heteroatoms. The highest BCUT2D eigenvalue weighted by molar-refractivity contribution is 5.36. The summed E-state index contributed by atoms with van der Waals surface area (Å²) in [4.78, 5) is 10.1. The number of hydrogen-bond donors (Lipinski definition) is 0. The molecule has 0 amide bonds.